The molecule has 2 atom stereocenters. The van der Waals surface area contributed by atoms with E-state index in [0.717, 1.165) is 30.6 Å². The van der Waals surface area contributed by atoms with Crippen molar-refractivity contribution in [2.45, 2.75) is 32.2 Å². The van der Waals surface area contributed by atoms with Crippen LogP contribution < -0.4 is 10.2 Å². The van der Waals surface area contributed by atoms with Crippen LogP contribution in [-0.4, -0.2) is 42.6 Å². The van der Waals surface area contributed by atoms with Gasteiger partial charge in [0, 0.05) is 30.7 Å². The van der Waals surface area contributed by atoms with E-state index in [-0.39, 0.29) is 11.7 Å². The Morgan fingerprint density at radius 2 is 2.03 bits per heavy atom. The largest absolute Gasteiger partial charge is 0.346 e. The molecule has 1 saturated heterocycles. The van der Waals surface area contributed by atoms with E-state index in [4.69, 9.17) is 4.98 Å². The van der Waals surface area contributed by atoms with Crippen molar-refractivity contribution in [1.82, 2.24) is 24.6 Å². The molecule has 8 nitrogen and oxygen atoms in total. The first-order valence-electron chi connectivity index (χ1n) is 10.9. The first kappa shape index (κ1) is 21.9. The molecule has 1 N–H and O–H groups in total. The second kappa shape index (κ2) is 8.12. The Hall–Kier alpha value is -3.95. The van der Waals surface area contributed by atoms with Crippen molar-refractivity contribution in [3.8, 4) is 0 Å². The van der Waals surface area contributed by atoms with Crippen LogP contribution in [-0.2, 0) is 0 Å². The first-order chi connectivity index (χ1) is 16.3. The van der Waals surface area contributed by atoms with E-state index in [1.54, 1.807) is 29.2 Å². The number of nitrogens with one attached hydrogen (secondary N) is 1. The molecule has 2 aliphatic rings. The number of piperidine rings is 1. The molecule has 34 heavy (non-hydrogen) atoms. The quantitative estimate of drug-likeness (QED) is 0.548. The number of anilines is 2. The van der Waals surface area contributed by atoms with Gasteiger partial charge in [-0.3, -0.25) is 4.79 Å². The van der Waals surface area contributed by atoms with E-state index in [1.807, 2.05) is 11.8 Å². The number of hydrogen-bond donors (Lipinski definition) is 1. The predicted octanol–water partition coefficient (Wildman–Crippen LogP) is 4.33. The lowest BCUT2D eigenvalue weighted by Crippen LogP contribution is -2.37. The highest BCUT2D eigenvalue weighted by Gasteiger charge is 2.64. The van der Waals surface area contributed by atoms with Gasteiger partial charge in [-0.2, -0.15) is 5.10 Å². The smallest absolute Gasteiger partial charge is 0.293 e. The minimum atomic E-state index is -0.580. The first-order valence-corrected chi connectivity index (χ1v) is 10.9. The lowest BCUT2D eigenvalue weighted by molar-refractivity contribution is 0.101. The van der Waals surface area contributed by atoms with E-state index >= 15 is 0 Å². The van der Waals surface area contributed by atoms with Gasteiger partial charge in [0.15, 0.2) is 5.65 Å². The fourth-order valence-corrected chi connectivity index (χ4v) is 4.61. The summed E-state index contributed by atoms with van der Waals surface area (Å²) in [6.45, 7) is 7.78. The Balaban J connectivity index is 1.44. The molecular formula is C24H23F2N7O. The van der Waals surface area contributed by atoms with Crippen LogP contribution in [0.4, 0.5) is 20.3 Å². The highest BCUT2D eigenvalue weighted by atomic mass is 19.1. The second-order valence-electron chi connectivity index (χ2n) is 8.66. The molecular weight excluding hydrogens is 440 g/mol. The molecule has 5 rings (SSSR count). The van der Waals surface area contributed by atoms with Crippen molar-refractivity contribution < 1.29 is 13.6 Å². The molecule has 1 aliphatic carbocycles. The Morgan fingerprint density at radius 1 is 1.26 bits per heavy atom. The van der Waals surface area contributed by atoms with Crippen molar-refractivity contribution in [2.75, 3.05) is 16.8 Å². The lowest BCUT2D eigenvalue weighted by Gasteiger charge is -2.30. The van der Waals surface area contributed by atoms with Crippen molar-refractivity contribution >= 4 is 23.1 Å². The number of amides is 1. The fraction of sp³-hybridized carbons (Fsp3) is 0.292. The van der Waals surface area contributed by atoms with Crippen LogP contribution in [0.1, 0.15) is 35.9 Å². The monoisotopic (exact) mass is 463 g/mol. The van der Waals surface area contributed by atoms with Crippen molar-refractivity contribution in [3.05, 3.63) is 78.2 Å². The van der Waals surface area contributed by atoms with E-state index in [9.17, 15) is 13.6 Å². The third-order valence-electron chi connectivity index (χ3n) is 6.39. The maximum atomic E-state index is 14.8. The number of allylic oxidation sites excluding steroid dienone is 3. The normalized spacial score (nSPS) is 22.1. The average Bonchev–Trinajstić information content (AvgIpc) is 3.23. The number of aryl methyl sites for hydroxylation is 1. The number of rotatable bonds is 6. The molecule has 3 aromatic heterocycles. The molecule has 2 fully saturated rings. The third kappa shape index (κ3) is 3.64. The predicted molar refractivity (Wildman–Crippen MR) is 124 cm³/mol. The molecule has 1 aliphatic heterocycles. The van der Waals surface area contributed by atoms with Gasteiger partial charge in [0.1, 0.15) is 17.3 Å². The molecule has 0 unspecified atom stereocenters. The number of hydrogen-bond acceptors (Lipinski definition) is 6. The Labute approximate surface area is 194 Å². The van der Waals surface area contributed by atoms with Crippen LogP contribution in [0.5, 0.6) is 0 Å². The van der Waals surface area contributed by atoms with Gasteiger partial charge in [-0.25, -0.2) is 28.2 Å². The van der Waals surface area contributed by atoms with Gasteiger partial charge in [-0.05, 0) is 56.4 Å². The second-order valence-corrected chi connectivity index (χ2v) is 8.66. The summed E-state index contributed by atoms with van der Waals surface area (Å²) in [4.78, 5) is 27.5. The summed E-state index contributed by atoms with van der Waals surface area (Å²) in [6.07, 6.45) is 10.2. The lowest BCUT2D eigenvalue weighted by atomic mass is 10.0. The summed E-state index contributed by atoms with van der Waals surface area (Å²) in [6, 6.07) is 1.80. The topological polar surface area (TPSA) is 88.3 Å². The van der Waals surface area contributed by atoms with Crippen molar-refractivity contribution in [2.24, 2.45) is 5.92 Å². The van der Waals surface area contributed by atoms with Gasteiger partial charge in [-0.1, -0.05) is 6.58 Å². The molecule has 0 bridgehead atoms. The van der Waals surface area contributed by atoms with Crippen LogP contribution in [0.2, 0.25) is 0 Å². The molecule has 3 aromatic rings. The maximum absolute atomic E-state index is 14.8. The zero-order valence-corrected chi connectivity index (χ0v) is 18.8. The van der Waals surface area contributed by atoms with Gasteiger partial charge >= 0.3 is 0 Å². The Bertz CT molecular complexity index is 1360. The minimum Gasteiger partial charge on any atom is -0.346 e. The standard InChI is InChI=1S/C24H23F2N7O/c1-14-11-27-21(28-12-14)23(34)30-19-13-29-33-9-7-20(31-22(19)33)32-8-6-17-10-24(17,32)16(3)18(26)5-4-15(2)25/h4-5,7,9,11-13,17H,3,6,8,10H2,1-2H3,(H,30,34)/b15-4+,18-5+/t17-,24-/m0/s1. The van der Waals surface area contributed by atoms with Crippen LogP contribution in [0.15, 0.2) is 66.8 Å². The number of fused-ring (bicyclic) bond motifs is 2. The summed E-state index contributed by atoms with van der Waals surface area (Å²) in [7, 11) is 0. The van der Waals surface area contributed by atoms with Gasteiger partial charge in [0.25, 0.3) is 5.91 Å². The van der Waals surface area contributed by atoms with Crippen LogP contribution in [0.25, 0.3) is 5.65 Å². The Morgan fingerprint density at radius 3 is 2.74 bits per heavy atom. The van der Waals surface area contributed by atoms with Crippen molar-refractivity contribution in [3.63, 3.8) is 0 Å². The summed E-state index contributed by atoms with van der Waals surface area (Å²) in [5.74, 6) is -0.565. The number of carbonyl (C=O) groups is 1. The minimum absolute atomic E-state index is 0.0385. The van der Waals surface area contributed by atoms with E-state index in [0.29, 0.717) is 29.3 Å². The molecule has 0 spiro atoms. The number of nitrogens with zero attached hydrogens (tertiary/aromatic N) is 6. The third-order valence-corrected chi connectivity index (χ3v) is 6.39. The Kier molecular flexibility index (Phi) is 5.22. The molecule has 0 radical (unpaired) electrons. The van der Waals surface area contributed by atoms with Gasteiger partial charge in [0.2, 0.25) is 5.82 Å². The maximum Gasteiger partial charge on any atom is 0.293 e. The van der Waals surface area contributed by atoms with Crippen LogP contribution in [0.3, 0.4) is 0 Å². The fourth-order valence-electron chi connectivity index (χ4n) is 4.61. The highest BCUT2D eigenvalue weighted by Crippen LogP contribution is 2.61. The van der Waals surface area contributed by atoms with Gasteiger partial charge < -0.3 is 10.2 Å². The molecule has 4 heterocycles. The average molecular weight is 463 g/mol. The van der Waals surface area contributed by atoms with E-state index in [2.05, 4.69) is 27.0 Å². The van der Waals surface area contributed by atoms with Gasteiger partial charge in [-0.15, -0.1) is 0 Å². The zero-order chi connectivity index (χ0) is 24.0. The number of aromatic nitrogens is 5. The van der Waals surface area contributed by atoms with E-state index in [1.165, 1.54) is 13.1 Å². The van der Waals surface area contributed by atoms with Crippen molar-refractivity contribution in [1.29, 1.82) is 0 Å². The SMILES string of the molecule is C=C(/C(F)=C\C=C(/C)F)[C@@]12C[C@@H]1CCN2c1ccn2ncc(NC(=O)c3ncc(C)cn3)c2n1. The number of carbonyl (C=O) groups excluding carboxylic acids is 1. The summed E-state index contributed by atoms with van der Waals surface area (Å²) < 4.78 is 29.4. The highest BCUT2D eigenvalue weighted by molar-refractivity contribution is 6.03. The molecule has 174 valence electrons. The zero-order valence-electron chi connectivity index (χ0n) is 18.8. The summed E-state index contributed by atoms with van der Waals surface area (Å²) in [5, 5.41) is 7.01. The van der Waals surface area contributed by atoms with Crippen LogP contribution in [0, 0.1) is 12.8 Å². The molecule has 10 heteroatoms. The van der Waals surface area contributed by atoms with Crippen LogP contribution >= 0.6 is 0 Å². The van der Waals surface area contributed by atoms with Gasteiger partial charge in [0.05, 0.1) is 17.6 Å². The molecule has 1 saturated carbocycles. The summed E-state index contributed by atoms with van der Waals surface area (Å²) in [5.41, 5.74) is 1.44. The summed E-state index contributed by atoms with van der Waals surface area (Å²) >= 11 is 0. The molecule has 0 aromatic carbocycles. The van der Waals surface area contributed by atoms with E-state index < -0.39 is 23.1 Å². The molecule has 1 amide bonds. The number of halogens is 2.